The van der Waals surface area contributed by atoms with Crippen molar-refractivity contribution in [3.63, 3.8) is 0 Å². The number of hydrogen-bond acceptors (Lipinski definition) is 5. The number of anilines is 1. The molecule has 0 spiro atoms. The summed E-state index contributed by atoms with van der Waals surface area (Å²) < 4.78 is 26.4. The first-order valence-corrected chi connectivity index (χ1v) is 8.72. The van der Waals surface area contributed by atoms with E-state index < -0.39 is 10.0 Å². The smallest absolute Gasteiger partial charge is 0.276 e. The van der Waals surface area contributed by atoms with E-state index in [4.69, 9.17) is 5.73 Å². The van der Waals surface area contributed by atoms with Crippen LogP contribution in [-0.4, -0.2) is 54.4 Å². The van der Waals surface area contributed by atoms with E-state index in [2.05, 4.69) is 9.82 Å². The van der Waals surface area contributed by atoms with Gasteiger partial charge < -0.3 is 10.6 Å². The highest BCUT2D eigenvalue weighted by Gasteiger charge is 2.30. The number of nitrogens with two attached hydrogens (primary N) is 1. The van der Waals surface area contributed by atoms with Crippen molar-refractivity contribution in [1.82, 2.24) is 19.4 Å². The second-order valence-electron chi connectivity index (χ2n) is 5.38. The lowest BCUT2D eigenvalue weighted by atomic mass is 10.0. The van der Waals surface area contributed by atoms with E-state index in [-0.39, 0.29) is 24.2 Å². The van der Waals surface area contributed by atoms with Crippen LogP contribution in [0.1, 0.15) is 29.8 Å². The van der Waals surface area contributed by atoms with Gasteiger partial charge in [0.15, 0.2) is 5.69 Å². The number of hydrogen-bond donors (Lipinski definition) is 2. The zero-order valence-corrected chi connectivity index (χ0v) is 13.1. The molecule has 8 nitrogen and oxygen atoms in total. The second kappa shape index (κ2) is 6.02. The minimum atomic E-state index is -3.27. The number of piperidine rings is 1. The van der Waals surface area contributed by atoms with Crippen LogP contribution >= 0.6 is 0 Å². The van der Waals surface area contributed by atoms with Crippen molar-refractivity contribution < 1.29 is 13.2 Å². The SMILES string of the molecule is Cn1cc(N)c(C(=O)N2CCCCC2CNS(C)(=O)=O)n1. The number of aryl methyl sites for hydroxylation is 1. The monoisotopic (exact) mass is 315 g/mol. The quantitative estimate of drug-likeness (QED) is 0.781. The maximum atomic E-state index is 12.6. The fourth-order valence-corrected chi connectivity index (χ4v) is 3.03. The molecule has 1 aliphatic heterocycles. The summed E-state index contributed by atoms with van der Waals surface area (Å²) in [6.07, 6.45) is 5.33. The molecular formula is C12H21N5O3S. The normalized spacial score (nSPS) is 19.7. The van der Waals surface area contributed by atoms with Gasteiger partial charge in [0.2, 0.25) is 10.0 Å². The first kappa shape index (κ1) is 15.8. The largest absolute Gasteiger partial charge is 0.396 e. The van der Waals surface area contributed by atoms with Crippen LogP contribution in [0.15, 0.2) is 6.20 Å². The molecule has 1 aromatic heterocycles. The van der Waals surface area contributed by atoms with Crippen LogP contribution in [0.2, 0.25) is 0 Å². The van der Waals surface area contributed by atoms with Crippen LogP contribution in [0.25, 0.3) is 0 Å². The average molecular weight is 315 g/mol. The van der Waals surface area contributed by atoms with Crippen LogP contribution in [-0.2, 0) is 17.1 Å². The molecule has 0 saturated carbocycles. The molecule has 21 heavy (non-hydrogen) atoms. The van der Waals surface area contributed by atoms with Crippen molar-refractivity contribution in [1.29, 1.82) is 0 Å². The Labute approximate surface area is 124 Å². The molecule has 1 atom stereocenters. The van der Waals surface area contributed by atoms with E-state index >= 15 is 0 Å². The zero-order chi connectivity index (χ0) is 15.6. The molecule has 118 valence electrons. The van der Waals surface area contributed by atoms with Crippen LogP contribution in [0.3, 0.4) is 0 Å². The number of likely N-dealkylation sites (tertiary alicyclic amines) is 1. The molecule has 1 fully saturated rings. The number of rotatable bonds is 4. The number of sulfonamides is 1. The minimum Gasteiger partial charge on any atom is -0.396 e. The molecule has 0 radical (unpaired) electrons. The molecule has 2 heterocycles. The van der Waals surface area contributed by atoms with Gasteiger partial charge in [-0.2, -0.15) is 5.10 Å². The maximum absolute atomic E-state index is 12.6. The fraction of sp³-hybridized carbons (Fsp3) is 0.667. The van der Waals surface area contributed by atoms with Crippen LogP contribution in [0.5, 0.6) is 0 Å². The molecule has 0 bridgehead atoms. The van der Waals surface area contributed by atoms with E-state index in [0.717, 1.165) is 25.5 Å². The van der Waals surface area contributed by atoms with Crippen LogP contribution in [0.4, 0.5) is 5.69 Å². The van der Waals surface area contributed by atoms with E-state index in [9.17, 15) is 13.2 Å². The summed E-state index contributed by atoms with van der Waals surface area (Å²) in [7, 11) is -1.57. The third-order valence-corrected chi connectivity index (χ3v) is 4.22. The molecule has 1 saturated heterocycles. The summed E-state index contributed by atoms with van der Waals surface area (Å²) in [6, 6.07) is -0.164. The molecule has 1 unspecified atom stereocenters. The van der Waals surface area contributed by atoms with Crippen molar-refractivity contribution in [2.45, 2.75) is 25.3 Å². The lowest BCUT2D eigenvalue weighted by molar-refractivity contribution is 0.0613. The minimum absolute atomic E-state index is 0.164. The molecule has 9 heteroatoms. The van der Waals surface area contributed by atoms with Gasteiger partial charge in [-0.25, -0.2) is 13.1 Å². The van der Waals surface area contributed by atoms with Gasteiger partial charge in [-0.1, -0.05) is 0 Å². The number of nitrogens with one attached hydrogen (secondary N) is 1. The highest BCUT2D eigenvalue weighted by Crippen LogP contribution is 2.21. The molecule has 1 aromatic rings. The molecule has 2 rings (SSSR count). The lowest BCUT2D eigenvalue weighted by Crippen LogP contribution is -2.49. The van der Waals surface area contributed by atoms with Crippen molar-refractivity contribution in [2.24, 2.45) is 7.05 Å². The Morgan fingerprint density at radius 3 is 2.81 bits per heavy atom. The molecule has 0 aromatic carbocycles. The van der Waals surface area contributed by atoms with Crippen LogP contribution in [0, 0.1) is 0 Å². The molecule has 1 amide bonds. The topological polar surface area (TPSA) is 110 Å². The fourth-order valence-electron chi connectivity index (χ4n) is 2.54. The standard InChI is InChI=1S/C12H21N5O3S/c1-16-8-10(13)11(15-16)12(18)17-6-4-3-5-9(17)7-14-21(2,19)20/h8-9,14H,3-7,13H2,1-2H3. The lowest BCUT2D eigenvalue weighted by Gasteiger charge is -2.35. The number of aromatic nitrogens is 2. The Hall–Kier alpha value is -1.61. The number of nitrogens with zero attached hydrogens (tertiary/aromatic N) is 3. The summed E-state index contributed by atoms with van der Waals surface area (Å²) in [5, 5.41) is 4.09. The van der Waals surface area contributed by atoms with Gasteiger partial charge in [0, 0.05) is 32.4 Å². The van der Waals surface area contributed by atoms with Crippen LogP contribution < -0.4 is 10.5 Å². The molecule has 1 aliphatic rings. The van der Waals surface area contributed by atoms with Gasteiger partial charge in [0.1, 0.15) is 0 Å². The third-order valence-electron chi connectivity index (χ3n) is 3.53. The highest BCUT2D eigenvalue weighted by atomic mass is 32.2. The molecule has 0 aliphatic carbocycles. The van der Waals surface area contributed by atoms with Gasteiger partial charge in [-0.3, -0.25) is 9.48 Å². The zero-order valence-electron chi connectivity index (χ0n) is 12.2. The summed E-state index contributed by atoms with van der Waals surface area (Å²) in [6.45, 7) is 0.808. The molecular weight excluding hydrogens is 294 g/mol. The van der Waals surface area contributed by atoms with Crippen molar-refractivity contribution in [3.05, 3.63) is 11.9 Å². The number of carbonyl (C=O) groups is 1. The van der Waals surface area contributed by atoms with Crippen molar-refractivity contribution in [3.8, 4) is 0 Å². The second-order valence-corrected chi connectivity index (χ2v) is 7.21. The van der Waals surface area contributed by atoms with E-state index in [1.807, 2.05) is 0 Å². The Kier molecular flexibility index (Phi) is 4.52. The first-order valence-electron chi connectivity index (χ1n) is 6.82. The number of nitrogen functional groups attached to an aromatic ring is 1. The predicted molar refractivity (Wildman–Crippen MR) is 79.1 cm³/mol. The summed E-state index contributed by atoms with van der Waals surface area (Å²) in [5.41, 5.74) is 6.36. The van der Waals surface area contributed by atoms with Gasteiger partial charge in [0.05, 0.1) is 11.9 Å². The van der Waals surface area contributed by atoms with E-state index in [0.29, 0.717) is 12.2 Å². The third kappa shape index (κ3) is 3.94. The van der Waals surface area contributed by atoms with E-state index in [1.54, 1.807) is 18.1 Å². The summed E-state index contributed by atoms with van der Waals surface area (Å²) in [5.74, 6) is -0.242. The molecule has 3 N–H and O–H groups in total. The van der Waals surface area contributed by atoms with Gasteiger partial charge in [0.25, 0.3) is 5.91 Å². The maximum Gasteiger partial charge on any atom is 0.276 e. The van der Waals surface area contributed by atoms with Gasteiger partial charge in [-0.15, -0.1) is 0 Å². The average Bonchev–Trinajstić information content (AvgIpc) is 2.74. The Balaban J connectivity index is 2.14. The summed E-state index contributed by atoms with van der Waals surface area (Å²) in [4.78, 5) is 14.2. The van der Waals surface area contributed by atoms with Gasteiger partial charge in [-0.05, 0) is 19.3 Å². The van der Waals surface area contributed by atoms with Crippen molar-refractivity contribution in [2.75, 3.05) is 25.1 Å². The number of carbonyl (C=O) groups excluding carboxylic acids is 1. The Bertz CT molecular complexity index is 625. The van der Waals surface area contributed by atoms with Gasteiger partial charge >= 0.3 is 0 Å². The first-order chi connectivity index (χ1) is 9.78. The van der Waals surface area contributed by atoms with Crippen molar-refractivity contribution >= 4 is 21.6 Å². The van der Waals surface area contributed by atoms with E-state index in [1.165, 1.54) is 4.68 Å². The Morgan fingerprint density at radius 1 is 1.52 bits per heavy atom. The predicted octanol–water partition coefficient (Wildman–Crippen LogP) is -0.454. The highest BCUT2D eigenvalue weighted by molar-refractivity contribution is 7.88. The summed E-state index contributed by atoms with van der Waals surface area (Å²) >= 11 is 0. The Morgan fingerprint density at radius 2 is 2.24 bits per heavy atom. The number of amides is 1.